The van der Waals surface area contributed by atoms with Crippen molar-refractivity contribution in [2.24, 2.45) is 0 Å². The van der Waals surface area contributed by atoms with Gasteiger partial charge in [-0.25, -0.2) is 9.97 Å². The van der Waals surface area contributed by atoms with Gasteiger partial charge in [-0.2, -0.15) is 11.3 Å². The van der Waals surface area contributed by atoms with Crippen molar-refractivity contribution in [2.45, 2.75) is 6.54 Å². The number of nitrogens with one attached hydrogen (secondary N) is 1. The van der Waals surface area contributed by atoms with Crippen LogP contribution in [0.5, 0.6) is 0 Å². The summed E-state index contributed by atoms with van der Waals surface area (Å²) in [6, 6.07) is 7.64. The summed E-state index contributed by atoms with van der Waals surface area (Å²) >= 11 is 13.7. The van der Waals surface area contributed by atoms with Crippen molar-refractivity contribution in [3.8, 4) is 11.3 Å². The maximum absolute atomic E-state index is 6.06. The monoisotopic (exact) mass is 374 g/mol. The fourth-order valence-corrected chi connectivity index (χ4v) is 3.47. The fraction of sp³-hybridized carbons (Fsp3) is 0.0588. The maximum atomic E-state index is 6.06. The van der Waals surface area contributed by atoms with Crippen LogP contribution < -0.4 is 5.32 Å². The Balaban J connectivity index is 1.64. The molecule has 0 radical (unpaired) electrons. The lowest BCUT2D eigenvalue weighted by Crippen LogP contribution is -2.05. The van der Waals surface area contributed by atoms with Gasteiger partial charge < -0.3 is 5.32 Å². The number of anilines is 1. The number of aromatic nitrogens is 3. The van der Waals surface area contributed by atoms with Crippen LogP contribution in [0.1, 0.15) is 5.56 Å². The summed E-state index contributed by atoms with van der Waals surface area (Å²) in [5.41, 5.74) is 3.96. The molecule has 4 aromatic rings. The highest BCUT2D eigenvalue weighted by Gasteiger charge is 2.10. The summed E-state index contributed by atoms with van der Waals surface area (Å²) in [6.45, 7) is 0.588. The molecular formula is C17H12Cl2N4S. The van der Waals surface area contributed by atoms with Crippen LogP contribution >= 0.6 is 34.5 Å². The standard InChI is InChI=1S/C17H12Cl2N4S/c18-13-2-1-11(7-14(13)19)8-21-16-17-20-4-5-23(17)15(9-22-16)12-3-6-24-10-12/h1-7,9-10H,8H2,(H,21,22). The molecule has 0 fully saturated rings. The first kappa shape index (κ1) is 15.4. The first-order valence-electron chi connectivity index (χ1n) is 7.25. The van der Waals surface area contributed by atoms with E-state index in [1.54, 1.807) is 23.6 Å². The maximum Gasteiger partial charge on any atom is 0.180 e. The van der Waals surface area contributed by atoms with Gasteiger partial charge in [0.2, 0.25) is 0 Å². The highest BCUT2D eigenvalue weighted by Crippen LogP contribution is 2.26. The molecule has 0 atom stereocenters. The largest absolute Gasteiger partial charge is 0.363 e. The minimum absolute atomic E-state index is 0.544. The number of halogens is 2. The fourth-order valence-electron chi connectivity index (χ4n) is 2.50. The Morgan fingerprint density at radius 3 is 2.83 bits per heavy atom. The zero-order valence-corrected chi connectivity index (χ0v) is 14.7. The number of thiophene rings is 1. The van der Waals surface area contributed by atoms with E-state index in [0.29, 0.717) is 16.6 Å². The van der Waals surface area contributed by atoms with Gasteiger partial charge in [-0.1, -0.05) is 29.3 Å². The predicted molar refractivity (Wildman–Crippen MR) is 100 cm³/mol. The van der Waals surface area contributed by atoms with Gasteiger partial charge in [-0.15, -0.1) is 0 Å². The molecule has 4 nitrogen and oxygen atoms in total. The summed E-state index contributed by atoms with van der Waals surface area (Å²) in [5, 5.41) is 8.56. The number of imidazole rings is 1. The van der Waals surface area contributed by atoms with E-state index in [2.05, 4.69) is 32.1 Å². The first-order chi connectivity index (χ1) is 11.7. The summed E-state index contributed by atoms with van der Waals surface area (Å²) in [5.74, 6) is 0.727. The quantitative estimate of drug-likeness (QED) is 0.521. The molecular weight excluding hydrogens is 363 g/mol. The van der Waals surface area contributed by atoms with Crippen LogP contribution in [0.2, 0.25) is 10.0 Å². The van der Waals surface area contributed by atoms with E-state index < -0.39 is 0 Å². The number of hydrogen-bond acceptors (Lipinski definition) is 4. The molecule has 0 unspecified atom stereocenters. The molecule has 0 saturated carbocycles. The van der Waals surface area contributed by atoms with E-state index in [9.17, 15) is 0 Å². The molecule has 0 spiro atoms. The Kier molecular flexibility index (Phi) is 4.14. The van der Waals surface area contributed by atoms with Crippen molar-refractivity contribution in [1.29, 1.82) is 0 Å². The minimum atomic E-state index is 0.544. The van der Waals surface area contributed by atoms with Gasteiger partial charge in [0, 0.05) is 29.9 Å². The van der Waals surface area contributed by atoms with Gasteiger partial charge in [-0.3, -0.25) is 4.40 Å². The number of hydrogen-bond donors (Lipinski definition) is 1. The van der Waals surface area contributed by atoms with Crippen molar-refractivity contribution in [3.63, 3.8) is 0 Å². The molecule has 120 valence electrons. The first-order valence-corrected chi connectivity index (χ1v) is 8.94. The van der Waals surface area contributed by atoms with Crippen molar-refractivity contribution in [1.82, 2.24) is 14.4 Å². The molecule has 4 rings (SSSR count). The third-order valence-corrected chi connectivity index (χ3v) is 5.11. The van der Waals surface area contributed by atoms with Crippen LogP contribution in [0.4, 0.5) is 5.82 Å². The Morgan fingerprint density at radius 2 is 2.04 bits per heavy atom. The molecule has 3 aromatic heterocycles. The van der Waals surface area contributed by atoms with Crippen molar-refractivity contribution in [3.05, 3.63) is 69.2 Å². The van der Waals surface area contributed by atoms with Gasteiger partial charge in [0.1, 0.15) is 0 Å². The van der Waals surface area contributed by atoms with E-state index in [0.717, 1.165) is 28.3 Å². The Labute approximate surface area is 152 Å². The van der Waals surface area contributed by atoms with E-state index in [1.807, 2.05) is 28.9 Å². The summed E-state index contributed by atoms with van der Waals surface area (Å²) in [4.78, 5) is 8.97. The third-order valence-electron chi connectivity index (χ3n) is 3.69. The average molecular weight is 375 g/mol. The average Bonchev–Trinajstić information content (AvgIpc) is 3.27. The Hall–Kier alpha value is -2.08. The number of fused-ring (bicyclic) bond motifs is 1. The molecule has 0 aliphatic rings. The smallest absolute Gasteiger partial charge is 0.180 e. The van der Waals surface area contributed by atoms with Crippen LogP contribution in [0.25, 0.3) is 16.9 Å². The van der Waals surface area contributed by atoms with Crippen LogP contribution in [0.3, 0.4) is 0 Å². The zero-order valence-electron chi connectivity index (χ0n) is 12.4. The van der Waals surface area contributed by atoms with Gasteiger partial charge in [-0.05, 0) is 29.1 Å². The SMILES string of the molecule is Clc1ccc(CNc2ncc(-c3ccsc3)n3ccnc23)cc1Cl. The Morgan fingerprint density at radius 1 is 1.12 bits per heavy atom. The second-order valence-electron chi connectivity index (χ2n) is 5.23. The molecule has 0 saturated heterocycles. The number of rotatable bonds is 4. The van der Waals surface area contributed by atoms with Crippen LogP contribution in [-0.4, -0.2) is 14.4 Å². The Bertz CT molecular complexity index is 995. The third kappa shape index (κ3) is 2.86. The van der Waals surface area contributed by atoms with Crippen LogP contribution in [0, 0.1) is 0 Å². The molecule has 0 bridgehead atoms. The lowest BCUT2D eigenvalue weighted by atomic mass is 10.2. The normalized spacial score (nSPS) is 11.1. The van der Waals surface area contributed by atoms with Crippen LogP contribution in [0.15, 0.2) is 53.6 Å². The molecule has 0 aliphatic carbocycles. The molecule has 0 aliphatic heterocycles. The molecule has 1 aromatic carbocycles. The lowest BCUT2D eigenvalue weighted by Gasteiger charge is -2.10. The molecule has 7 heteroatoms. The number of benzene rings is 1. The highest BCUT2D eigenvalue weighted by molar-refractivity contribution is 7.08. The summed E-state index contributed by atoms with van der Waals surface area (Å²) in [6.07, 6.45) is 5.57. The van der Waals surface area contributed by atoms with E-state index >= 15 is 0 Å². The van der Waals surface area contributed by atoms with Crippen LogP contribution in [-0.2, 0) is 6.54 Å². The highest BCUT2D eigenvalue weighted by atomic mass is 35.5. The lowest BCUT2D eigenvalue weighted by molar-refractivity contribution is 1.07. The second-order valence-corrected chi connectivity index (χ2v) is 6.82. The van der Waals surface area contributed by atoms with E-state index in [1.165, 1.54) is 0 Å². The van der Waals surface area contributed by atoms with E-state index in [-0.39, 0.29) is 0 Å². The van der Waals surface area contributed by atoms with E-state index in [4.69, 9.17) is 23.2 Å². The van der Waals surface area contributed by atoms with Crippen molar-refractivity contribution in [2.75, 3.05) is 5.32 Å². The van der Waals surface area contributed by atoms with Gasteiger partial charge in [0.25, 0.3) is 0 Å². The molecule has 3 heterocycles. The molecule has 0 amide bonds. The van der Waals surface area contributed by atoms with Gasteiger partial charge in [0.05, 0.1) is 21.9 Å². The topological polar surface area (TPSA) is 42.2 Å². The van der Waals surface area contributed by atoms with Crippen molar-refractivity contribution >= 4 is 46.0 Å². The summed E-state index contributed by atoms with van der Waals surface area (Å²) in [7, 11) is 0. The predicted octanol–water partition coefficient (Wildman–Crippen LogP) is 5.38. The summed E-state index contributed by atoms with van der Waals surface area (Å²) < 4.78 is 2.03. The zero-order chi connectivity index (χ0) is 16.5. The van der Waals surface area contributed by atoms with Gasteiger partial charge >= 0.3 is 0 Å². The molecule has 24 heavy (non-hydrogen) atoms. The van der Waals surface area contributed by atoms with Gasteiger partial charge in [0.15, 0.2) is 11.5 Å². The molecule has 1 N–H and O–H groups in total. The number of nitrogens with zero attached hydrogens (tertiary/aromatic N) is 3. The van der Waals surface area contributed by atoms with Crippen molar-refractivity contribution < 1.29 is 0 Å². The minimum Gasteiger partial charge on any atom is -0.363 e. The second kappa shape index (κ2) is 6.43.